The standard InChI is InChI=1S/C11H9NO2/c13-11-8-10(6-7-12(11)14)9-4-2-1-3-5-9/h1-8,14H. The zero-order valence-corrected chi connectivity index (χ0v) is 7.42. The van der Waals surface area contributed by atoms with Crippen molar-refractivity contribution >= 4 is 0 Å². The van der Waals surface area contributed by atoms with E-state index >= 15 is 0 Å². The summed E-state index contributed by atoms with van der Waals surface area (Å²) in [5, 5.41) is 8.99. The Morgan fingerprint density at radius 3 is 2.36 bits per heavy atom. The molecule has 0 amide bonds. The Kier molecular flexibility index (Phi) is 2.07. The molecular formula is C11H9NO2. The zero-order chi connectivity index (χ0) is 9.97. The van der Waals surface area contributed by atoms with Gasteiger partial charge in [0.1, 0.15) is 0 Å². The summed E-state index contributed by atoms with van der Waals surface area (Å²) in [4.78, 5) is 11.1. The van der Waals surface area contributed by atoms with E-state index < -0.39 is 5.56 Å². The van der Waals surface area contributed by atoms with Crippen LogP contribution in [0.5, 0.6) is 0 Å². The fourth-order valence-corrected chi connectivity index (χ4v) is 1.28. The first-order valence-corrected chi connectivity index (χ1v) is 4.25. The van der Waals surface area contributed by atoms with Crippen molar-refractivity contribution in [1.82, 2.24) is 4.73 Å². The van der Waals surface area contributed by atoms with E-state index in [9.17, 15) is 4.79 Å². The van der Waals surface area contributed by atoms with Crippen LogP contribution in [0.3, 0.4) is 0 Å². The third-order valence-electron chi connectivity index (χ3n) is 2.01. The summed E-state index contributed by atoms with van der Waals surface area (Å²) in [6, 6.07) is 12.6. The topological polar surface area (TPSA) is 42.2 Å². The Hall–Kier alpha value is -2.03. The molecule has 14 heavy (non-hydrogen) atoms. The highest BCUT2D eigenvalue weighted by atomic mass is 16.5. The highest BCUT2D eigenvalue weighted by molar-refractivity contribution is 5.62. The maximum atomic E-state index is 11.1. The summed E-state index contributed by atoms with van der Waals surface area (Å²) in [5.74, 6) is 0. The molecule has 2 aromatic rings. The Morgan fingerprint density at radius 2 is 1.71 bits per heavy atom. The summed E-state index contributed by atoms with van der Waals surface area (Å²) in [5.41, 5.74) is 1.34. The van der Waals surface area contributed by atoms with Crippen molar-refractivity contribution in [2.24, 2.45) is 0 Å². The molecule has 0 bridgehead atoms. The van der Waals surface area contributed by atoms with Gasteiger partial charge in [0.05, 0.1) is 0 Å². The first-order chi connectivity index (χ1) is 6.77. The van der Waals surface area contributed by atoms with Crippen LogP contribution in [0, 0.1) is 0 Å². The first kappa shape index (κ1) is 8.56. The van der Waals surface area contributed by atoms with Gasteiger partial charge in [0.25, 0.3) is 5.56 Å². The van der Waals surface area contributed by atoms with Crippen molar-refractivity contribution in [3.05, 3.63) is 59.0 Å². The predicted molar refractivity (Wildman–Crippen MR) is 53.3 cm³/mol. The van der Waals surface area contributed by atoms with Crippen LogP contribution in [0.2, 0.25) is 0 Å². The summed E-state index contributed by atoms with van der Waals surface area (Å²) in [6.07, 6.45) is 1.34. The second-order valence-corrected chi connectivity index (χ2v) is 2.96. The van der Waals surface area contributed by atoms with Gasteiger partial charge in [-0.3, -0.25) is 4.79 Å². The highest BCUT2D eigenvalue weighted by Crippen LogP contribution is 2.15. The molecule has 3 heteroatoms. The van der Waals surface area contributed by atoms with E-state index in [0.717, 1.165) is 11.1 Å². The third kappa shape index (κ3) is 1.52. The van der Waals surface area contributed by atoms with Gasteiger partial charge in [0.15, 0.2) is 0 Å². The van der Waals surface area contributed by atoms with Crippen molar-refractivity contribution in [1.29, 1.82) is 0 Å². The number of aromatic nitrogens is 1. The normalized spacial score (nSPS) is 10.0. The lowest BCUT2D eigenvalue weighted by atomic mass is 10.1. The minimum Gasteiger partial charge on any atom is -0.425 e. The van der Waals surface area contributed by atoms with Crippen LogP contribution >= 0.6 is 0 Å². The third-order valence-corrected chi connectivity index (χ3v) is 2.01. The van der Waals surface area contributed by atoms with Crippen molar-refractivity contribution < 1.29 is 5.21 Å². The van der Waals surface area contributed by atoms with Gasteiger partial charge in [-0.05, 0) is 17.2 Å². The van der Waals surface area contributed by atoms with Gasteiger partial charge in [0.2, 0.25) is 0 Å². The molecule has 0 saturated carbocycles. The van der Waals surface area contributed by atoms with Gasteiger partial charge in [-0.1, -0.05) is 30.3 Å². The molecule has 2 rings (SSSR count). The number of benzene rings is 1. The fourth-order valence-electron chi connectivity index (χ4n) is 1.28. The van der Waals surface area contributed by atoms with Gasteiger partial charge in [-0.15, -0.1) is 0 Å². The molecule has 0 spiro atoms. The highest BCUT2D eigenvalue weighted by Gasteiger charge is 1.98. The quantitative estimate of drug-likeness (QED) is 0.691. The van der Waals surface area contributed by atoms with Crippen LogP contribution in [0.25, 0.3) is 11.1 Å². The van der Waals surface area contributed by atoms with E-state index in [0.29, 0.717) is 4.73 Å². The lowest BCUT2D eigenvalue weighted by molar-refractivity contribution is 0.175. The van der Waals surface area contributed by atoms with Crippen LogP contribution in [0.1, 0.15) is 0 Å². The van der Waals surface area contributed by atoms with E-state index in [4.69, 9.17) is 5.21 Å². The Bertz CT molecular complexity index is 488. The average molecular weight is 187 g/mol. The van der Waals surface area contributed by atoms with Crippen molar-refractivity contribution in [2.45, 2.75) is 0 Å². The number of rotatable bonds is 1. The van der Waals surface area contributed by atoms with E-state index in [1.807, 2.05) is 30.3 Å². The SMILES string of the molecule is O=c1cc(-c2ccccc2)ccn1O. The summed E-state index contributed by atoms with van der Waals surface area (Å²) >= 11 is 0. The van der Waals surface area contributed by atoms with Gasteiger partial charge >= 0.3 is 0 Å². The smallest absolute Gasteiger partial charge is 0.283 e. The zero-order valence-electron chi connectivity index (χ0n) is 7.42. The lowest BCUT2D eigenvalue weighted by Gasteiger charge is -2.00. The molecule has 70 valence electrons. The van der Waals surface area contributed by atoms with Crippen LogP contribution < -0.4 is 5.56 Å². The number of nitrogens with zero attached hydrogens (tertiary/aromatic N) is 1. The molecule has 3 nitrogen and oxygen atoms in total. The van der Waals surface area contributed by atoms with Gasteiger partial charge < -0.3 is 5.21 Å². The van der Waals surface area contributed by atoms with Crippen LogP contribution in [-0.4, -0.2) is 9.94 Å². The molecule has 0 unspecified atom stereocenters. The van der Waals surface area contributed by atoms with Crippen LogP contribution in [0.4, 0.5) is 0 Å². The van der Waals surface area contributed by atoms with Crippen LogP contribution in [0.15, 0.2) is 53.5 Å². The minimum absolute atomic E-state index is 0.425. The summed E-state index contributed by atoms with van der Waals surface area (Å²) in [7, 11) is 0. The second-order valence-electron chi connectivity index (χ2n) is 2.96. The van der Waals surface area contributed by atoms with Gasteiger partial charge in [-0.25, -0.2) is 0 Å². The molecule has 0 radical (unpaired) electrons. The second kappa shape index (κ2) is 3.38. The number of hydrogen-bond acceptors (Lipinski definition) is 2. The maximum absolute atomic E-state index is 11.1. The largest absolute Gasteiger partial charge is 0.425 e. The summed E-state index contributed by atoms with van der Waals surface area (Å²) in [6.45, 7) is 0. The van der Waals surface area contributed by atoms with Crippen LogP contribution in [-0.2, 0) is 0 Å². The molecule has 1 N–H and O–H groups in total. The Morgan fingerprint density at radius 1 is 1.00 bits per heavy atom. The molecule has 0 fully saturated rings. The maximum Gasteiger partial charge on any atom is 0.283 e. The minimum atomic E-state index is -0.425. The van der Waals surface area contributed by atoms with E-state index in [1.54, 1.807) is 6.07 Å². The molecule has 0 aliphatic carbocycles. The van der Waals surface area contributed by atoms with Crippen molar-refractivity contribution in [3.8, 4) is 11.1 Å². The fraction of sp³-hybridized carbons (Fsp3) is 0. The molecule has 1 aromatic heterocycles. The molecule has 0 atom stereocenters. The predicted octanol–water partition coefficient (Wildman–Crippen LogP) is 1.75. The van der Waals surface area contributed by atoms with Gasteiger partial charge in [0, 0.05) is 12.3 Å². The molecule has 0 aliphatic rings. The molecule has 1 heterocycles. The molecule has 0 saturated heterocycles. The monoisotopic (exact) mass is 187 g/mol. The Balaban J connectivity index is 2.54. The molecule has 1 aromatic carbocycles. The lowest BCUT2D eigenvalue weighted by Crippen LogP contribution is -2.15. The summed E-state index contributed by atoms with van der Waals surface area (Å²) < 4.78 is 0.562. The van der Waals surface area contributed by atoms with E-state index in [2.05, 4.69) is 0 Å². The molecule has 0 aliphatic heterocycles. The number of hydrogen-bond donors (Lipinski definition) is 1. The number of pyridine rings is 1. The van der Waals surface area contributed by atoms with E-state index in [1.165, 1.54) is 12.3 Å². The van der Waals surface area contributed by atoms with Crippen molar-refractivity contribution in [2.75, 3.05) is 0 Å². The molecular weight excluding hydrogens is 178 g/mol. The van der Waals surface area contributed by atoms with Gasteiger partial charge in [-0.2, -0.15) is 4.73 Å². The average Bonchev–Trinajstić information content (AvgIpc) is 2.23. The van der Waals surface area contributed by atoms with Crippen molar-refractivity contribution in [3.63, 3.8) is 0 Å². The Labute approximate surface area is 80.8 Å². The van der Waals surface area contributed by atoms with E-state index in [-0.39, 0.29) is 0 Å². The first-order valence-electron chi connectivity index (χ1n) is 4.25.